The highest BCUT2D eigenvalue weighted by molar-refractivity contribution is 6.03. The standard InChI is InChI=1S/C17H11F2N6O/c1-25-8-10(7-21-25)16-11(18)2-3-13(22-16)17(26)23-15-4-9-6-20-24-14(9)5-12(15)19/h2-8H,1H3,(H,23,26). The van der Waals surface area contributed by atoms with Gasteiger partial charge < -0.3 is 5.32 Å². The summed E-state index contributed by atoms with van der Waals surface area (Å²) in [5.74, 6) is -1.90. The maximum absolute atomic E-state index is 14.1. The molecule has 4 rings (SSSR count). The third-order valence-electron chi connectivity index (χ3n) is 3.78. The lowest BCUT2D eigenvalue weighted by Gasteiger charge is -2.07. The first-order chi connectivity index (χ1) is 12.5. The number of fused-ring (bicyclic) bond motifs is 1. The number of rotatable bonds is 3. The lowest BCUT2D eigenvalue weighted by molar-refractivity contribution is 0.102. The number of nitrogens with zero attached hydrogens (tertiary/aromatic N) is 5. The summed E-state index contributed by atoms with van der Waals surface area (Å²) in [4.78, 5) is 16.5. The van der Waals surface area contributed by atoms with E-state index in [4.69, 9.17) is 0 Å². The normalized spacial score (nSPS) is 12.0. The van der Waals surface area contributed by atoms with Crippen LogP contribution in [-0.4, -0.2) is 20.7 Å². The topological polar surface area (TPSA) is 86.3 Å². The van der Waals surface area contributed by atoms with E-state index < -0.39 is 17.5 Å². The number of carbonyl (C=O) groups is 1. The van der Waals surface area contributed by atoms with Gasteiger partial charge in [-0.2, -0.15) is 15.6 Å². The minimum absolute atomic E-state index is 0.00823. The van der Waals surface area contributed by atoms with E-state index in [0.717, 1.165) is 6.07 Å². The van der Waals surface area contributed by atoms with Crippen LogP contribution < -0.4 is 21.3 Å². The van der Waals surface area contributed by atoms with Crippen molar-refractivity contribution in [1.82, 2.24) is 20.2 Å². The van der Waals surface area contributed by atoms with Gasteiger partial charge in [-0.25, -0.2) is 13.8 Å². The van der Waals surface area contributed by atoms with E-state index in [1.807, 2.05) is 0 Å². The molecule has 1 amide bonds. The zero-order valence-corrected chi connectivity index (χ0v) is 13.4. The maximum Gasteiger partial charge on any atom is 0.274 e. The molecule has 0 saturated carbocycles. The molecule has 2 aromatic heterocycles. The number of benzene rings is 1. The van der Waals surface area contributed by atoms with Gasteiger partial charge in [0.25, 0.3) is 5.91 Å². The molecule has 7 nitrogen and oxygen atoms in total. The zero-order valence-electron chi connectivity index (χ0n) is 13.4. The van der Waals surface area contributed by atoms with Crippen molar-refractivity contribution in [3.63, 3.8) is 0 Å². The number of hydrogen-bond acceptors (Lipinski definition) is 4. The number of nitrogens with one attached hydrogen (secondary N) is 1. The summed E-state index contributed by atoms with van der Waals surface area (Å²) in [7, 11) is 1.68. The van der Waals surface area contributed by atoms with Crippen LogP contribution in [0.4, 0.5) is 14.5 Å². The van der Waals surface area contributed by atoms with Crippen LogP contribution >= 0.6 is 0 Å². The lowest BCUT2D eigenvalue weighted by atomic mass is 10.2. The summed E-state index contributed by atoms with van der Waals surface area (Å²) in [6.07, 6.45) is 4.48. The van der Waals surface area contributed by atoms with Crippen LogP contribution in [0.1, 0.15) is 10.5 Å². The maximum atomic E-state index is 14.1. The van der Waals surface area contributed by atoms with Crippen molar-refractivity contribution in [3.05, 3.63) is 64.6 Å². The molecule has 1 aromatic carbocycles. The van der Waals surface area contributed by atoms with Crippen LogP contribution in [-0.2, 0) is 7.05 Å². The molecule has 26 heavy (non-hydrogen) atoms. The van der Waals surface area contributed by atoms with Crippen LogP contribution in [0, 0.1) is 11.6 Å². The van der Waals surface area contributed by atoms with Crippen molar-refractivity contribution in [3.8, 4) is 11.3 Å². The fraction of sp³-hybridized carbons (Fsp3) is 0.0588. The first-order valence-corrected chi connectivity index (χ1v) is 7.56. The van der Waals surface area contributed by atoms with Crippen molar-refractivity contribution < 1.29 is 13.6 Å². The van der Waals surface area contributed by atoms with Crippen LogP contribution in [0.3, 0.4) is 0 Å². The van der Waals surface area contributed by atoms with Gasteiger partial charge in [0.2, 0.25) is 0 Å². The largest absolute Gasteiger partial charge is 0.318 e. The number of anilines is 1. The van der Waals surface area contributed by atoms with Crippen molar-refractivity contribution in [1.29, 1.82) is 0 Å². The SMILES string of the molecule is Cn1cc(-c2nc(C(=O)Nc3cc4c(cc3F)=N[N]C=4)ccc2F)cn1. The number of halogens is 2. The number of amides is 1. The third kappa shape index (κ3) is 2.79. The minimum Gasteiger partial charge on any atom is -0.318 e. The average Bonchev–Trinajstić information content (AvgIpc) is 3.24. The Morgan fingerprint density at radius 3 is 2.81 bits per heavy atom. The van der Waals surface area contributed by atoms with Crippen LogP contribution in [0.5, 0.6) is 0 Å². The molecule has 1 N–H and O–H groups in total. The molecule has 0 fully saturated rings. The molecule has 0 atom stereocenters. The Kier molecular flexibility index (Phi) is 3.68. The van der Waals surface area contributed by atoms with E-state index in [-0.39, 0.29) is 17.1 Å². The summed E-state index contributed by atoms with van der Waals surface area (Å²) < 4.78 is 29.7. The fourth-order valence-corrected chi connectivity index (χ4v) is 2.52. The molecule has 0 bridgehead atoms. The van der Waals surface area contributed by atoms with Crippen molar-refractivity contribution in [2.24, 2.45) is 12.1 Å². The van der Waals surface area contributed by atoms with Gasteiger partial charge in [-0.15, -0.1) is 0 Å². The smallest absolute Gasteiger partial charge is 0.274 e. The molecule has 1 radical (unpaired) electrons. The van der Waals surface area contributed by atoms with Gasteiger partial charge in [-0.05, 0) is 18.2 Å². The summed E-state index contributed by atoms with van der Waals surface area (Å²) in [5, 5.41) is 11.1. The molecule has 0 unspecified atom stereocenters. The Hall–Kier alpha value is -3.62. The average molecular weight is 353 g/mol. The zero-order chi connectivity index (χ0) is 18.3. The van der Waals surface area contributed by atoms with E-state index >= 15 is 0 Å². The Labute approximate surface area is 145 Å². The molecule has 0 spiro atoms. The summed E-state index contributed by atoms with van der Waals surface area (Å²) >= 11 is 0. The van der Waals surface area contributed by atoms with Gasteiger partial charge >= 0.3 is 0 Å². The Morgan fingerprint density at radius 1 is 1.19 bits per heavy atom. The summed E-state index contributed by atoms with van der Waals surface area (Å²) in [6, 6.07) is 4.96. The van der Waals surface area contributed by atoms with E-state index in [1.165, 1.54) is 35.3 Å². The fourth-order valence-electron chi connectivity index (χ4n) is 2.52. The second-order valence-electron chi connectivity index (χ2n) is 5.62. The molecule has 1 aliphatic heterocycles. The molecule has 9 heteroatoms. The number of aryl methyl sites for hydroxylation is 1. The molecule has 129 valence electrons. The van der Waals surface area contributed by atoms with Crippen LogP contribution in [0.2, 0.25) is 0 Å². The molecule has 0 aliphatic carbocycles. The highest BCUT2D eigenvalue weighted by Crippen LogP contribution is 2.20. The second kappa shape index (κ2) is 6.03. The van der Waals surface area contributed by atoms with E-state index in [1.54, 1.807) is 13.2 Å². The number of pyridine rings is 1. The van der Waals surface area contributed by atoms with E-state index in [2.05, 4.69) is 25.9 Å². The van der Waals surface area contributed by atoms with Crippen molar-refractivity contribution in [2.75, 3.05) is 5.32 Å². The Balaban J connectivity index is 1.67. The predicted molar refractivity (Wildman–Crippen MR) is 88.1 cm³/mol. The van der Waals surface area contributed by atoms with Gasteiger partial charge in [-0.1, -0.05) is 0 Å². The molecular weight excluding hydrogens is 342 g/mol. The second-order valence-corrected chi connectivity index (χ2v) is 5.62. The quantitative estimate of drug-likeness (QED) is 0.759. The van der Waals surface area contributed by atoms with E-state index in [0.29, 0.717) is 16.1 Å². The van der Waals surface area contributed by atoms with Crippen molar-refractivity contribution in [2.45, 2.75) is 0 Å². The number of hydrogen-bond donors (Lipinski definition) is 1. The highest BCUT2D eigenvalue weighted by Gasteiger charge is 2.16. The van der Waals surface area contributed by atoms with Gasteiger partial charge in [0.05, 0.1) is 23.4 Å². The van der Waals surface area contributed by atoms with Gasteiger partial charge in [0.15, 0.2) is 0 Å². The molecule has 3 aromatic rings. The predicted octanol–water partition coefficient (Wildman–Crippen LogP) is 0.903. The monoisotopic (exact) mass is 353 g/mol. The molecule has 1 aliphatic rings. The Bertz CT molecular complexity index is 1150. The van der Waals surface area contributed by atoms with Crippen LogP contribution in [0.15, 0.2) is 41.8 Å². The Morgan fingerprint density at radius 2 is 2.04 bits per heavy atom. The lowest BCUT2D eigenvalue weighted by Crippen LogP contribution is -2.25. The number of aromatic nitrogens is 3. The number of carbonyl (C=O) groups excluding carboxylic acids is 1. The third-order valence-corrected chi connectivity index (χ3v) is 3.78. The highest BCUT2D eigenvalue weighted by atomic mass is 19.1. The van der Waals surface area contributed by atoms with Crippen LogP contribution in [0.25, 0.3) is 17.5 Å². The van der Waals surface area contributed by atoms with Gasteiger partial charge in [0, 0.05) is 30.1 Å². The first-order valence-electron chi connectivity index (χ1n) is 7.56. The molecular formula is C17H11F2N6O. The molecule has 3 heterocycles. The first kappa shape index (κ1) is 15.9. The summed E-state index contributed by atoms with van der Waals surface area (Å²) in [6.45, 7) is 0. The van der Waals surface area contributed by atoms with Gasteiger partial charge in [-0.3, -0.25) is 9.48 Å². The molecule has 0 saturated heterocycles. The summed E-state index contributed by atoms with van der Waals surface area (Å²) in [5.41, 5.74) is 4.02. The van der Waals surface area contributed by atoms with E-state index in [9.17, 15) is 13.6 Å². The van der Waals surface area contributed by atoms with Crippen molar-refractivity contribution >= 4 is 17.8 Å². The minimum atomic E-state index is -0.666. The van der Waals surface area contributed by atoms with Gasteiger partial charge in [0.1, 0.15) is 23.0 Å².